The van der Waals surface area contributed by atoms with Crippen molar-refractivity contribution in [3.05, 3.63) is 23.1 Å². The number of imidazole rings is 1. The second kappa shape index (κ2) is 18.9. The summed E-state index contributed by atoms with van der Waals surface area (Å²) in [5.74, 6) is -1.38. The van der Waals surface area contributed by atoms with E-state index in [4.69, 9.17) is 25.0 Å². The number of nitrogen functional groups attached to an aromatic ring is 1. The van der Waals surface area contributed by atoms with E-state index >= 15 is 0 Å². The number of hydrogen-bond acceptors (Lipinski definition) is 17. The summed E-state index contributed by atoms with van der Waals surface area (Å²) in [5, 5.41) is 29.8. The fourth-order valence-corrected chi connectivity index (χ4v) is 7.53. The van der Waals surface area contributed by atoms with E-state index in [1.54, 1.807) is 0 Å². The van der Waals surface area contributed by atoms with E-state index in [9.17, 15) is 53.1 Å². The number of anilines is 1. The maximum atomic E-state index is 12.6. The quantitative estimate of drug-likeness (QED) is 0.0246. The monoisotopic (exact) mass is 818 g/mol. The van der Waals surface area contributed by atoms with E-state index in [0.717, 1.165) is 23.6 Å². The molecule has 1 aliphatic heterocycles. The predicted octanol–water partition coefficient (Wildman–Crippen LogP) is -0.114. The van der Waals surface area contributed by atoms with E-state index in [1.165, 1.54) is 13.8 Å². The maximum absolute atomic E-state index is 12.6. The van der Waals surface area contributed by atoms with Gasteiger partial charge in [-0.15, -0.1) is 0 Å². The number of fused-ring (bicyclic) bond motifs is 1. The molecule has 3 heterocycles. The van der Waals surface area contributed by atoms with Crippen LogP contribution in [-0.2, 0) is 45.9 Å². The number of nitrogens with two attached hydrogens (primary N) is 1. The number of amides is 2. The predicted molar refractivity (Wildman–Crippen MR) is 177 cm³/mol. The Bertz CT molecular complexity index is 1770. The van der Waals surface area contributed by atoms with Gasteiger partial charge in [0.15, 0.2) is 17.7 Å². The van der Waals surface area contributed by atoms with E-state index in [-0.39, 0.29) is 35.9 Å². The van der Waals surface area contributed by atoms with Crippen LogP contribution in [0.1, 0.15) is 45.8 Å². The van der Waals surface area contributed by atoms with Crippen LogP contribution in [-0.4, -0.2) is 118 Å². The number of rotatable bonds is 22. The Kier molecular flexibility index (Phi) is 15.8. The summed E-state index contributed by atoms with van der Waals surface area (Å²) in [5.41, 5.74) is 12.5. The minimum absolute atomic E-state index is 0.0319. The second-order valence-corrected chi connectivity index (χ2v) is 16.3. The van der Waals surface area contributed by atoms with Crippen LogP contribution >= 0.6 is 23.5 Å². The average molecular weight is 819 g/mol. The average Bonchev–Trinajstić information content (AvgIpc) is 3.62. The normalized spacial score (nSPS) is 22.0. The molecule has 26 nitrogen and oxygen atoms in total. The first-order valence-electron chi connectivity index (χ1n) is 15.6. The van der Waals surface area contributed by atoms with Crippen molar-refractivity contribution >= 4 is 52.3 Å². The molecule has 298 valence electrons. The highest BCUT2D eigenvalue weighted by atomic mass is 31.3. The fraction of sp³-hybridized carbons (Fsp3) is 0.708. The summed E-state index contributed by atoms with van der Waals surface area (Å²) in [6, 6.07) is 0. The Morgan fingerprint density at radius 2 is 1.79 bits per heavy atom. The third-order valence-electron chi connectivity index (χ3n) is 7.40. The molecule has 29 heteroatoms. The molecular formula is C24H41N10O16P3. The SMILES string of the molecule is CC(C)(COP(=O)(O)OP(=O)(O)OC[C@H]1O[C@@H](n2cnc3c(N)ncnc32)[C@H](O)[C@@H]1OP(=O)(O)O)[C@@H](O)C(=O)NCCC(=O)NCCCCCN=[N+]=[N-]. The summed E-state index contributed by atoms with van der Waals surface area (Å²) >= 11 is 0. The highest BCUT2D eigenvalue weighted by Gasteiger charge is 2.50. The number of ether oxygens (including phenoxy) is 1. The van der Waals surface area contributed by atoms with Gasteiger partial charge in [0.1, 0.15) is 36.3 Å². The molecule has 0 bridgehead atoms. The first kappa shape index (κ1) is 44.2. The Balaban J connectivity index is 1.51. The molecule has 53 heavy (non-hydrogen) atoms. The zero-order valence-electron chi connectivity index (χ0n) is 28.2. The lowest BCUT2D eigenvalue weighted by molar-refractivity contribution is -0.137. The molecule has 3 rings (SSSR count). The van der Waals surface area contributed by atoms with Crippen LogP contribution in [0.5, 0.6) is 0 Å². The number of hydrogen-bond donors (Lipinski definition) is 9. The van der Waals surface area contributed by atoms with Crippen LogP contribution in [0.3, 0.4) is 0 Å². The molecule has 1 aliphatic rings. The van der Waals surface area contributed by atoms with Gasteiger partial charge in [-0.05, 0) is 18.4 Å². The molecule has 1 saturated heterocycles. The summed E-state index contributed by atoms with van der Waals surface area (Å²) in [6.45, 7) is 1.07. The minimum atomic E-state index is -5.56. The number of carbonyl (C=O) groups excluding carboxylic acids is 2. The number of nitrogens with zero attached hydrogens (tertiary/aromatic N) is 7. The van der Waals surface area contributed by atoms with E-state index in [0.29, 0.717) is 25.9 Å². The van der Waals surface area contributed by atoms with Crippen LogP contribution in [0.4, 0.5) is 5.82 Å². The van der Waals surface area contributed by atoms with Crippen LogP contribution in [0.2, 0.25) is 0 Å². The molecule has 10 N–H and O–H groups in total. The molecule has 1 fully saturated rings. The zero-order chi connectivity index (χ0) is 39.6. The summed E-state index contributed by atoms with van der Waals surface area (Å²) in [7, 11) is -16.4. The lowest BCUT2D eigenvalue weighted by Crippen LogP contribution is -2.46. The zero-order valence-corrected chi connectivity index (χ0v) is 30.9. The Morgan fingerprint density at radius 1 is 1.09 bits per heavy atom. The van der Waals surface area contributed by atoms with E-state index in [1.807, 2.05) is 0 Å². The Hall–Kier alpha value is -3.15. The van der Waals surface area contributed by atoms with Crippen molar-refractivity contribution in [1.29, 1.82) is 0 Å². The van der Waals surface area contributed by atoms with Gasteiger partial charge in [-0.25, -0.2) is 28.6 Å². The number of aliphatic hydroxyl groups excluding tert-OH is 2. The van der Waals surface area contributed by atoms with Gasteiger partial charge >= 0.3 is 23.5 Å². The van der Waals surface area contributed by atoms with Crippen LogP contribution < -0.4 is 16.4 Å². The molecule has 0 radical (unpaired) electrons. The molecular weight excluding hydrogens is 777 g/mol. The molecule has 2 aromatic heterocycles. The highest BCUT2D eigenvalue weighted by Crippen LogP contribution is 2.61. The third-order valence-corrected chi connectivity index (χ3v) is 10.5. The standard InChI is InChI=1S/C24H41N10O16P3/c1-24(2,19(37)22(38)28-9-6-15(35)27-7-4-3-5-8-32-33-26)11-47-53(44,45)50-52(42,43)46-10-14-18(49-51(39,40)41)17(36)23(48-14)34-13-31-16-20(25)29-12-30-21(16)34/h12-14,17-19,23,36-37H,3-11H2,1-2H3,(H,27,35)(H,28,38)(H,42,43)(H,44,45)(H2,25,29,30)(H2,39,40,41)/t14-,17-,18-,19+,23-/m1/s1. The second-order valence-electron chi connectivity index (χ2n) is 12.1. The molecule has 0 aromatic carbocycles. The van der Waals surface area contributed by atoms with Crippen molar-refractivity contribution in [3.63, 3.8) is 0 Å². The van der Waals surface area contributed by atoms with Crippen molar-refractivity contribution in [1.82, 2.24) is 30.2 Å². The van der Waals surface area contributed by atoms with Gasteiger partial charge in [-0.1, -0.05) is 25.4 Å². The number of carbonyl (C=O) groups is 2. The lowest BCUT2D eigenvalue weighted by Gasteiger charge is -2.30. The number of aliphatic hydroxyl groups is 2. The highest BCUT2D eigenvalue weighted by molar-refractivity contribution is 7.61. The molecule has 7 atom stereocenters. The van der Waals surface area contributed by atoms with Gasteiger partial charge in [-0.2, -0.15) is 4.31 Å². The van der Waals surface area contributed by atoms with E-state index in [2.05, 4.69) is 44.4 Å². The molecule has 0 saturated carbocycles. The van der Waals surface area contributed by atoms with E-state index < -0.39 is 78.6 Å². The number of phosphoric ester groups is 3. The molecule has 2 amide bonds. The van der Waals surface area contributed by atoms with Gasteiger partial charge in [0.2, 0.25) is 11.8 Å². The molecule has 0 spiro atoms. The van der Waals surface area contributed by atoms with Crippen LogP contribution in [0.25, 0.3) is 21.6 Å². The maximum Gasteiger partial charge on any atom is 0.481 e. The molecule has 2 aromatic rings. The van der Waals surface area contributed by atoms with Crippen molar-refractivity contribution in [2.24, 2.45) is 10.5 Å². The Morgan fingerprint density at radius 3 is 2.47 bits per heavy atom. The molecule has 2 unspecified atom stereocenters. The van der Waals surface area contributed by atoms with Crippen molar-refractivity contribution < 1.29 is 75.7 Å². The molecule has 0 aliphatic carbocycles. The number of aromatic nitrogens is 4. The minimum Gasteiger partial charge on any atom is -0.386 e. The summed E-state index contributed by atoms with van der Waals surface area (Å²) in [4.78, 5) is 77.9. The first-order valence-corrected chi connectivity index (χ1v) is 20.1. The fourth-order valence-electron chi connectivity index (χ4n) is 4.70. The topological polar surface area (TPSA) is 395 Å². The Labute approximate surface area is 300 Å². The summed E-state index contributed by atoms with van der Waals surface area (Å²) in [6.07, 6.45) is -4.79. The largest absolute Gasteiger partial charge is 0.481 e. The smallest absolute Gasteiger partial charge is 0.386 e. The number of azide groups is 1. The van der Waals surface area contributed by atoms with Crippen molar-refractivity contribution in [2.75, 3.05) is 38.6 Å². The third kappa shape index (κ3) is 13.6. The van der Waals surface area contributed by atoms with Gasteiger partial charge < -0.3 is 50.9 Å². The lowest BCUT2D eigenvalue weighted by atomic mass is 9.87. The van der Waals surface area contributed by atoms with Crippen LogP contribution in [0.15, 0.2) is 17.8 Å². The number of nitrogens with one attached hydrogen (secondary N) is 2. The first-order chi connectivity index (χ1) is 24.7. The van der Waals surface area contributed by atoms with Gasteiger partial charge in [-0.3, -0.25) is 27.7 Å². The van der Waals surface area contributed by atoms with Gasteiger partial charge in [0.05, 0.1) is 19.5 Å². The number of phosphoric acid groups is 3. The van der Waals surface area contributed by atoms with Crippen molar-refractivity contribution in [3.8, 4) is 0 Å². The van der Waals surface area contributed by atoms with Crippen molar-refractivity contribution in [2.45, 2.75) is 70.2 Å². The van der Waals surface area contributed by atoms with Gasteiger partial charge in [0.25, 0.3) is 0 Å². The van der Waals surface area contributed by atoms with Crippen LogP contribution in [0, 0.1) is 5.41 Å². The number of unbranched alkanes of at least 4 members (excludes halogenated alkanes) is 2. The summed E-state index contributed by atoms with van der Waals surface area (Å²) < 4.78 is 61.9. The van der Waals surface area contributed by atoms with Gasteiger partial charge in [0, 0.05) is 36.4 Å².